The van der Waals surface area contributed by atoms with Crippen molar-refractivity contribution in [2.45, 2.75) is 31.0 Å². The van der Waals surface area contributed by atoms with Gasteiger partial charge in [-0.3, -0.25) is 0 Å². The molecule has 0 aromatic carbocycles. The third kappa shape index (κ3) is 3.20. The van der Waals surface area contributed by atoms with Gasteiger partial charge in [0.25, 0.3) is 0 Å². The van der Waals surface area contributed by atoms with Crippen LogP contribution in [0.25, 0.3) is 0 Å². The van der Waals surface area contributed by atoms with Gasteiger partial charge in [0.15, 0.2) is 0 Å². The summed E-state index contributed by atoms with van der Waals surface area (Å²) in [5.74, 6) is 6.67. The first-order chi connectivity index (χ1) is 6.11. The molecule has 0 spiro atoms. The van der Waals surface area contributed by atoms with E-state index in [1.54, 1.807) is 11.8 Å². The van der Waals surface area contributed by atoms with E-state index in [2.05, 4.69) is 29.2 Å². The molecule has 0 amide bonds. The number of hydrazine groups is 1. The van der Waals surface area contributed by atoms with E-state index in [1.165, 1.54) is 0 Å². The maximum absolute atomic E-state index is 5.27. The number of thioether (sulfide) groups is 1. The molecule has 1 aromatic rings. The minimum absolute atomic E-state index is 0.514. The van der Waals surface area contributed by atoms with Gasteiger partial charge in [-0.2, -0.15) is 0 Å². The van der Waals surface area contributed by atoms with Gasteiger partial charge in [-0.1, -0.05) is 13.8 Å². The van der Waals surface area contributed by atoms with E-state index in [4.69, 9.17) is 5.84 Å². The molecule has 3 N–H and O–H groups in total. The molecule has 0 aliphatic heterocycles. The zero-order chi connectivity index (χ0) is 9.84. The lowest BCUT2D eigenvalue weighted by Crippen LogP contribution is -2.10. The summed E-state index contributed by atoms with van der Waals surface area (Å²) in [4.78, 5) is 8.38. The van der Waals surface area contributed by atoms with E-state index in [1.807, 2.05) is 13.0 Å². The first kappa shape index (κ1) is 10.3. The first-order valence-corrected chi connectivity index (χ1v) is 4.98. The van der Waals surface area contributed by atoms with Crippen molar-refractivity contribution in [2.75, 3.05) is 5.43 Å². The highest BCUT2D eigenvalue weighted by Crippen LogP contribution is 2.22. The predicted octanol–water partition coefficient (Wildman–Crippen LogP) is 1.57. The third-order valence-electron chi connectivity index (χ3n) is 1.32. The van der Waals surface area contributed by atoms with Crippen molar-refractivity contribution < 1.29 is 0 Å². The molecule has 0 atom stereocenters. The Labute approximate surface area is 82.3 Å². The Morgan fingerprint density at radius 1 is 1.46 bits per heavy atom. The Morgan fingerprint density at radius 2 is 2.15 bits per heavy atom. The smallest absolute Gasteiger partial charge is 0.144 e. The van der Waals surface area contributed by atoms with Crippen LogP contribution in [0.1, 0.15) is 19.7 Å². The summed E-state index contributed by atoms with van der Waals surface area (Å²) in [6, 6.07) is 1.84. The molecule has 4 nitrogen and oxygen atoms in total. The summed E-state index contributed by atoms with van der Waals surface area (Å²) in [6.45, 7) is 6.10. The van der Waals surface area contributed by atoms with Gasteiger partial charge in [0, 0.05) is 11.3 Å². The van der Waals surface area contributed by atoms with Crippen molar-refractivity contribution in [3.05, 3.63) is 11.9 Å². The SMILES string of the molecule is Cc1nc(NN)cc(SC(C)C)n1. The van der Waals surface area contributed by atoms with Gasteiger partial charge < -0.3 is 5.43 Å². The molecular formula is C8H14N4S. The second-order valence-electron chi connectivity index (χ2n) is 2.95. The summed E-state index contributed by atoms with van der Waals surface area (Å²) in [6.07, 6.45) is 0. The highest BCUT2D eigenvalue weighted by Gasteiger charge is 2.03. The molecular weight excluding hydrogens is 184 g/mol. The molecule has 0 unspecified atom stereocenters. The minimum atomic E-state index is 0.514. The van der Waals surface area contributed by atoms with E-state index in [9.17, 15) is 0 Å². The Bertz CT molecular complexity index is 287. The average Bonchev–Trinajstić information content (AvgIpc) is 2.01. The van der Waals surface area contributed by atoms with Gasteiger partial charge in [0.2, 0.25) is 0 Å². The fourth-order valence-electron chi connectivity index (χ4n) is 0.916. The van der Waals surface area contributed by atoms with E-state index >= 15 is 0 Å². The van der Waals surface area contributed by atoms with Crippen LogP contribution in [0.3, 0.4) is 0 Å². The summed E-state index contributed by atoms with van der Waals surface area (Å²) in [5, 5.41) is 1.47. The Balaban J connectivity index is 2.88. The molecule has 13 heavy (non-hydrogen) atoms. The number of aryl methyl sites for hydroxylation is 1. The zero-order valence-corrected chi connectivity index (χ0v) is 8.85. The predicted molar refractivity (Wildman–Crippen MR) is 55.6 cm³/mol. The summed E-state index contributed by atoms with van der Waals surface area (Å²) in [7, 11) is 0. The van der Waals surface area contributed by atoms with Crippen LogP contribution in [0.4, 0.5) is 5.82 Å². The van der Waals surface area contributed by atoms with Gasteiger partial charge in [0.1, 0.15) is 16.7 Å². The lowest BCUT2D eigenvalue weighted by Gasteiger charge is -2.06. The van der Waals surface area contributed by atoms with E-state index in [0.717, 1.165) is 10.9 Å². The van der Waals surface area contributed by atoms with Crippen LogP contribution in [0.5, 0.6) is 0 Å². The Morgan fingerprint density at radius 3 is 2.69 bits per heavy atom. The van der Waals surface area contributed by atoms with Gasteiger partial charge in [0.05, 0.1) is 0 Å². The molecule has 0 radical (unpaired) electrons. The lowest BCUT2D eigenvalue weighted by atomic mass is 10.5. The standard InChI is InChI=1S/C8H14N4S/c1-5(2)13-8-4-7(12-9)10-6(3)11-8/h4-5H,9H2,1-3H3,(H,10,11,12). The number of nitrogens with two attached hydrogens (primary N) is 1. The highest BCUT2D eigenvalue weighted by molar-refractivity contribution is 7.99. The van der Waals surface area contributed by atoms with Crippen molar-refractivity contribution in [1.82, 2.24) is 9.97 Å². The molecule has 0 fully saturated rings. The van der Waals surface area contributed by atoms with Gasteiger partial charge in [-0.15, -0.1) is 11.8 Å². The van der Waals surface area contributed by atoms with E-state index < -0.39 is 0 Å². The number of hydrogen-bond acceptors (Lipinski definition) is 5. The van der Waals surface area contributed by atoms with Crippen LogP contribution < -0.4 is 11.3 Å². The number of nitrogens with one attached hydrogen (secondary N) is 1. The molecule has 5 heteroatoms. The molecule has 1 heterocycles. The second-order valence-corrected chi connectivity index (χ2v) is 4.55. The molecule has 1 aromatic heterocycles. The summed E-state index contributed by atoms with van der Waals surface area (Å²) < 4.78 is 0. The fourth-order valence-corrected chi connectivity index (χ4v) is 1.76. The summed E-state index contributed by atoms with van der Waals surface area (Å²) >= 11 is 1.70. The van der Waals surface area contributed by atoms with E-state index in [-0.39, 0.29) is 0 Å². The molecule has 1 rings (SSSR count). The second kappa shape index (κ2) is 4.43. The number of nitrogen functional groups attached to an aromatic ring is 1. The van der Waals surface area contributed by atoms with Crippen molar-refractivity contribution in [1.29, 1.82) is 0 Å². The van der Waals surface area contributed by atoms with Crippen molar-refractivity contribution in [3.8, 4) is 0 Å². The lowest BCUT2D eigenvalue weighted by molar-refractivity contribution is 0.957. The third-order valence-corrected chi connectivity index (χ3v) is 2.24. The van der Waals surface area contributed by atoms with Gasteiger partial charge >= 0.3 is 0 Å². The first-order valence-electron chi connectivity index (χ1n) is 4.10. The fraction of sp³-hybridized carbons (Fsp3) is 0.500. The quantitative estimate of drug-likeness (QED) is 0.334. The summed E-state index contributed by atoms with van der Waals surface area (Å²) in [5.41, 5.74) is 2.52. The molecule has 0 saturated heterocycles. The largest absolute Gasteiger partial charge is 0.308 e. The van der Waals surface area contributed by atoms with Gasteiger partial charge in [-0.25, -0.2) is 15.8 Å². The molecule has 0 bridgehead atoms. The number of rotatable bonds is 3. The number of nitrogens with zero attached hydrogens (tertiary/aromatic N) is 2. The van der Waals surface area contributed by atoms with Crippen molar-refractivity contribution >= 4 is 17.6 Å². The van der Waals surface area contributed by atoms with E-state index in [0.29, 0.717) is 11.1 Å². The zero-order valence-electron chi connectivity index (χ0n) is 8.03. The van der Waals surface area contributed by atoms with Crippen LogP contribution in [0.15, 0.2) is 11.1 Å². The number of anilines is 1. The number of hydrogen-bond donors (Lipinski definition) is 2. The van der Waals surface area contributed by atoms with Crippen LogP contribution in [0, 0.1) is 6.92 Å². The molecule has 0 saturated carbocycles. The average molecular weight is 198 g/mol. The monoisotopic (exact) mass is 198 g/mol. The van der Waals surface area contributed by atoms with Crippen molar-refractivity contribution in [3.63, 3.8) is 0 Å². The molecule has 0 aliphatic rings. The maximum atomic E-state index is 5.27. The normalized spacial score (nSPS) is 10.5. The van der Waals surface area contributed by atoms with Crippen LogP contribution >= 0.6 is 11.8 Å². The van der Waals surface area contributed by atoms with Crippen LogP contribution in [0.2, 0.25) is 0 Å². The van der Waals surface area contributed by atoms with Crippen LogP contribution in [-0.2, 0) is 0 Å². The minimum Gasteiger partial charge on any atom is -0.308 e. The Kier molecular flexibility index (Phi) is 3.50. The molecule has 72 valence electrons. The molecule has 0 aliphatic carbocycles. The Hall–Kier alpha value is -0.810. The topological polar surface area (TPSA) is 63.8 Å². The van der Waals surface area contributed by atoms with Gasteiger partial charge in [-0.05, 0) is 6.92 Å². The van der Waals surface area contributed by atoms with Crippen molar-refractivity contribution in [2.24, 2.45) is 5.84 Å². The number of aromatic nitrogens is 2. The maximum Gasteiger partial charge on any atom is 0.144 e. The highest BCUT2D eigenvalue weighted by atomic mass is 32.2. The van der Waals surface area contributed by atoms with Crippen LogP contribution in [-0.4, -0.2) is 15.2 Å².